The van der Waals surface area contributed by atoms with Crippen LogP contribution in [0.3, 0.4) is 0 Å². The summed E-state index contributed by atoms with van der Waals surface area (Å²) in [5.41, 5.74) is 3.93. The number of carbonyl (C=O) groups is 1. The van der Waals surface area contributed by atoms with Crippen molar-refractivity contribution in [1.82, 2.24) is 14.7 Å². The first-order valence-electron chi connectivity index (χ1n) is 13.4. The zero-order valence-corrected chi connectivity index (χ0v) is 23.7. The van der Waals surface area contributed by atoms with Gasteiger partial charge in [0.1, 0.15) is 6.07 Å². The van der Waals surface area contributed by atoms with Crippen molar-refractivity contribution in [3.8, 4) is 6.07 Å². The van der Waals surface area contributed by atoms with Crippen molar-refractivity contribution in [3.05, 3.63) is 99.5 Å². The van der Waals surface area contributed by atoms with Crippen molar-refractivity contribution in [2.45, 2.75) is 31.6 Å². The number of nitrogens with zero attached hydrogens (tertiary/aromatic N) is 5. The second-order valence-corrected chi connectivity index (χ2v) is 11.2. The maximum Gasteiger partial charge on any atom is 0.240 e. The van der Waals surface area contributed by atoms with E-state index in [0.717, 1.165) is 50.4 Å². The SMILES string of the molecule is CN(Cc1ccc(Cl)c(Cl)c1)C1CC(C(=O)N2CCN(c3ccccc3C#N)CC2)N(Cc2ccccc2)C1. The number of anilines is 1. The van der Waals surface area contributed by atoms with Gasteiger partial charge in [0.2, 0.25) is 5.91 Å². The Morgan fingerprint density at radius 3 is 2.38 bits per heavy atom. The van der Waals surface area contributed by atoms with Gasteiger partial charge >= 0.3 is 0 Å². The largest absolute Gasteiger partial charge is 0.367 e. The number of halogens is 2. The van der Waals surface area contributed by atoms with Gasteiger partial charge < -0.3 is 9.80 Å². The van der Waals surface area contributed by atoms with Gasteiger partial charge in [-0.25, -0.2) is 0 Å². The Hall–Kier alpha value is -3.08. The molecule has 1 amide bonds. The van der Waals surface area contributed by atoms with E-state index in [1.807, 2.05) is 53.4 Å². The molecule has 6 nitrogen and oxygen atoms in total. The molecular formula is C31H33Cl2N5O. The van der Waals surface area contributed by atoms with E-state index in [1.54, 1.807) is 0 Å². The highest BCUT2D eigenvalue weighted by molar-refractivity contribution is 6.42. The second-order valence-electron chi connectivity index (χ2n) is 10.4. The first-order chi connectivity index (χ1) is 18.9. The summed E-state index contributed by atoms with van der Waals surface area (Å²) in [6.45, 7) is 5.03. The Morgan fingerprint density at radius 1 is 0.949 bits per heavy atom. The van der Waals surface area contributed by atoms with E-state index in [4.69, 9.17) is 23.2 Å². The summed E-state index contributed by atoms with van der Waals surface area (Å²) < 4.78 is 0. The van der Waals surface area contributed by atoms with Crippen LogP contribution in [0.4, 0.5) is 5.69 Å². The van der Waals surface area contributed by atoms with Crippen LogP contribution in [-0.4, -0.2) is 72.5 Å². The van der Waals surface area contributed by atoms with E-state index >= 15 is 0 Å². The fourth-order valence-corrected chi connectivity index (χ4v) is 6.05. The lowest BCUT2D eigenvalue weighted by Crippen LogP contribution is -2.53. The Balaban J connectivity index is 1.28. The number of amides is 1. The quantitative estimate of drug-likeness (QED) is 0.392. The highest BCUT2D eigenvalue weighted by Gasteiger charge is 2.40. The van der Waals surface area contributed by atoms with Gasteiger partial charge in [-0.15, -0.1) is 0 Å². The average molecular weight is 563 g/mol. The van der Waals surface area contributed by atoms with Crippen molar-refractivity contribution in [1.29, 1.82) is 5.26 Å². The molecule has 8 heteroatoms. The number of hydrogen-bond donors (Lipinski definition) is 0. The number of rotatable bonds is 7. The molecule has 2 aliphatic heterocycles. The molecule has 3 aromatic rings. The molecule has 2 atom stereocenters. The Labute approximate surface area is 240 Å². The minimum absolute atomic E-state index is 0.176. The molecule has 39 heavy (non-hydrogen) atoms. The zero-order chi connectivity index (χ0) is 27.4. The lowest BCUT2D eigenvalue weighted by molar-refractivity contribution is -0.136. The van der Waals surface area contributed by atoms with Crippen LogP contribution < -0.4 is 4.90 Å². The predicted octanol–water partition coefficient (Wildman–Crippen LogP) is 5.29. The molecule has 0 N–H and O–H groups in total. The minimum Gasteiger partial charge on any atom is -0.367 e. The van der Waals surface area contributed by atoms with Gasteiger partial charge in [0.05, 0.1) is 27.3 Å². The van der Waals surface area contributed by atoms with Gasteiger partial charge in [-0.05, 0) is 48.9 Å². The van der Waals surface area contributed by atoms with E-state index in [0.29, 0.717) is 28.7 Å². The summed E-state index contributed by atoms with van der Waals surface area (Å²) in [7, 11) is 2.12. The summed E-state index contributed by atoms with van der Waals surface area (Å²) in [5, 5.41) is 10.6. The number of carbonyl (C=O) groups excluding carboxylic acids is 1. The molecule has 2 aliphatic rings. The van der Waals surface area contributed by atoms with Crippen LogP contribution in [0.2, 0.25) is 10.0 Å². The summed E-state index contributed by atoms with van der Waals surface area (Å²) in [6, 6.07) is 26.2. The molecule has 0 aromatic heterocycles. The maximum absolute atomic E-state index is 13.9. The molecular weight excluding hydrogens is 529 g/mol. The molecule has 0 spiro atoms. The second kappa shape index (κ2) is 12.4. The van der Waals surface area contributed by atoms with Crippen molar-refractivity contribution in [3.63, 3.8) is 0 Å². The van der Waals surface area contributed by atoms with E-state index in [1.165, 1.54) is 5.56 Å². The van der Waals surface area contributed by atoms with Crippen molar-refractivity contribution in [2.75, 3.05) is 44.7 Å². The van der Waals surface area contributed by atoms with Gasteiger partial charge in [0, 0.05) is 51.9 Å². The number of nitriles is 1. The van der Waals surface area contributed by atoms with E-state index in [-0.39, 0.29) is 18.0 Å². The fraction of sp³-hybridized carbons (Fsp3) is 0.355. The van der Waals surface area contributed by atoms with Crippen LogP contribution in [-0.2, 0) is 17.9 Å². The molecule has 2 fully saturated rings. The fourth-order valence-electron chi connectivity index (χ4n) is 5.73. The van der Waals surface area contributed by atoms with Gasteiger partial charge in [-0.3, -0.25) is 14.6 Å². The molecule has 0 bridgehead atoms. The normalized spacial score (nSPS) is 19.9. The third-order valence-electron chi connectivity index (χ3n) is 7.89. The van der Waals surface area contributed by atoms with Gasteiger partial charge in [-0.2, -0.15) is 5.26 Å². The molecule has 0 radical (unpaired) electrons. The first-order valence-corrected chi connectivity index (χ1v) is 14.1. The Bertz CT molecular complexity index is 1340. The molecule has 2 saturated heterocycles. The molecule has 2 unspecified atom stereocenters. The van der Waals surface area contributed by atoms with Gasteiger partial charge in [-0.1, -0.05) is 71.7 Å². The number of hydrogen-bond acceptors (Lipinski definition) is 5. The van der Waals surface area contributed by atoms with E-state index < -0.39 is 0 Å². The van der Waals surface area contributed by atoms with Crippen LogP contribution in [0.25, 0.3) is 0 Å². The third kappa shape index (κ3) is 6.40. The summed E-state index contributed by atoms with van der Waals surface area (Å²) in [4.78, 5) is 22.8. The zero-order valence-electron chi connectivity index (χ0n) is 22.1. The van der Waals surface area contributed by atoms with Crippen LogP contribution in [0.1, 0.15) is 23.1 Å². The standard InChI is InChI=1S/C31H33Cl2N5O/c1-35(20-24-11-12-27(32)28(33)17-24)26-18-30(38(22-26)21-23-7-3-2-4-8-23)31(39)37-15-13-36(14-16-37)29-10-6-5-9-25(29)19-34/h2-12,17,26,30H,13-16,18,20-22H2,1H3. The highest BCUT2D eigenvalue weighted by Crippen LogP contribution is 2.29. The van der Waals surface area contributed by atoms with Crippen molar-refractivity contribution >= 4 is 34.8 Å². The predicted molar refractivity (Wildman–Crippen MR) is 157 cm³/mol. The van der Waals surface area contributed by atoms with E-state index in [2.05, 4.69) is 52.1 Å². The summed E-state index contributed by atoms with van der Waals surface area (Å²) >= 11 is 12.4. The summed E-state index contributed by atoms with van der Waals surface area (Å²) in [5.74, 6) is 0.199. The van der Waals surface area contributed by atoms with E-state index in [9.17, 15) is 10.1 Å². The van der Waals surface area contributed by atoms with Crippen LogP contribution in [0, 0.1) is 11.3 Å². The smallest absolute Gasteiger partial charge is 0.240 e. The average Bonchev–Trinajstić information content (AvgIpc) is 3.39. The van der Waals surface area contributed by atoms with Crippen molar-refractivity contribution < 1.29 is 4.79 Å². The molecule has 3 aromatic carbocycles. The summed E-state index contributed by atoms with van der Waals surface area (Å²) in [6.07, 6.45) is 0.779. The lowest BCUT2D eigenvalue weighted by Gasteiger charge is -2.38. The van der Waals surface area contributed by atoms with Crippen LogP contribution in [0.5, 0.6) is 0 Å². The van der Waals surface area contributed by atoms with Gasteiger partial charge in [0.25, 0.3) is 0 Å². The number of para-hydroxylation sites is 1. The topological polar surface area (TPSA) is 53.8 Å². The number of piperazine rings is 1. The lowest BCUT2D eigenvalue weighted by atomic mass is 10.1. The Morgan fingerprint density at radius 2 is 1.67 bits per heavy atom. The van der Waals surface area contributed by atoms with Crippen LogP contribution in [0.15, 0.2) is 72.8 Å². The van der Waals surface area contributed by atoms with Crippen molar-refractivity contribution in [2.24, 2.45) is 0 Å². The number of benzene rings is 3. The number of likely N-dealkylation sites (N-methyl/N-ethyl adjacent to an activating group) is 1. The molecule has 0 aliphatic carbocycles. The molecule has 2 heterocycles. The monoisotopic (exact) mass is 561 g/mol. The van der Waals surface area contributed by atoms with Crippen LogP contribution >= 0.6 is 23.2 Å². The first kappa shape index (κ1) is 27.5. The minimum atomic E-state index is -0.176. The molecule has 202 valence electrons. The number of likely N-dealkylation sites (tertiary alicyclic amines) is 1. The maximum atomic E-state index is 13.9. The third-order valence-corrected chi connectivity index (χ3v) is 8.63. The van der Waals surface area contributed by atoms with Gasteiger partial charge in [0.15, 0.2) is 0 Å². The highest BCUT2D eigenvalue weighted by atomic mass is 35.5. The Kier molecular flexibility index (Phi) is 8.74. The molecule has 5 rings (SSSR count). The molecule has 0 saturated carbocycles.